The van der Waals surface area contributed by atoms with E-state index in [0.717, 1.165) is 16.2 Å². The number of benzene rings is 3. The van der Waals surface area contributed by atoms with Crippen LogP contribution in [0.15, 0.2) is 30.3 Å². The normalized spacial score (nSPS) is 10.8. The summed E-state index contributed by atoms with van der Waals surface area (Å²) in [7, 11) is 6.23. The summed E-state index contributed by atoms with van der Waals surface area (Å²) < 4.78 is 21.8. The van der Waals surface area contributed by atoms with E-state index in [9.17, 15) is 9.59 Å². The average Bonchev–Trinajstić information content (AvgIpc) is 2.80. The van der Waals surface area contributed by atoms with Crippen LogP contribution in [0.25, 0.3) is 21.5 Å². The van der Waals surface area contributed by atoms with Crippen LogP contribution in [-0.4, -0.2) is 52.0 Å². The van der Waals surface area contributed by atoms with Gasteiger partial charge in [-0.2, -0.15) is 0 Å². The first-order valence-corrected chi connectivity index (χ1v) is 10.2. The van der Waals surface area contributed by atoms with E-state index >= 15 is 0 Å². The molecule has 2 N–H and O–H groups in total. The lowest BCUT2D eigenvalue weighted by Gasteiger charge is -2.16. The third kappa shape index (κ3) is 4.64. The number of unbranched alkanes of at least 4 members (excludes halogenated alkanes) is 1. The second-order valence-electron chi connectivity index (χ2n) is 7.21. The van der Waals surface area contributed by atoms with Crippen LogP contribution >= 0.6 is 0 Å². The van der Waals surface area contributed by atoms with E-state index < -0.39 is 5.97 Å². The van der Waals surface area contributed by atoms with Gasteiger partial charge in [-0.15, -0.1) is 0 Å². The first-order chi connectivity index (χ1) is 15.4. The first kappa shape index (κ1) is 23.0. The van der Waals surface area contributed by atoms with Crippen molar-refractivity contribution in [2.24, 2.45) is 0 Å². The number of ether oxygens (including phenoxy) is 4. The van der Waals surface area contributed by atoms with Gasteiger partial charge in [0.1, 0.15) is 0 Å². The highest BCUT2D eigenvalue weighted by molar-refractivity contribution is 6.18. The molecule has 0 aliphatic rings. The van der Waals surface area contributed by atoms with E-state index in [1.54, 1.807) is 40.6 Å². The summed E-state index contributed by atoms with van der Waals surface area (Å²) in [6.45, 7) is 0.380. The standard InChI is InChI=1S/C24H27NO7/c1-29-19-10-14-9-18(24(28)25-8-6-5-7-23(26)27)17-13-22(32-4)21(31-3)12-16(17)15(14)11-20(19)30-2/h9-13H,5-8H2,1-4H3,(H,25,28)(H,26,27). The first-order valence-electron chi connectivity index (χ1n) is 10.2. The van der Waals surface area contributed by atoms with Gasteiger partial charge >= 0.3 is 5.97 Å². The Balaban J connectivity index is 2.12. The minimum absolute atomic E-state index is 0.0768. The summed E-state index contributed by atoms with van der Waals surface area (Å²) in [5.41, 5.74) is 0.471. The van der Waals surface area contributed by atoms with Gasteiger partial charge in [0.25, 0.3) is 5.91 Å². The van der Waals surface area contributed by atoms with Gasteiger partial charge in [0.2, 0.25) is 0 Å². The van der Waals surface area contributed by atoms with Gasteiger partial charge < -0.3 is 29.4 Å². The molecular formula is C24H27NO7. The maximum Gasteiger partial charge on any atom is 0.303 e. The second-order valence-corrected chi connectivity index (χ2v) is 7.21. The van der Waals surface area contributed by atoms with Crippen molar-refractivity contribution >= 4 is 33.4 Å². The highest BCUT2D eigenvalue weighted by atomic mass is 16.5. The lowest BCUT2D eigenvalue weighted by Crippen LogP contribution is -2.24. The fourth-order valence-corrected chi connectivity index (χ4v) is 3.69. The van der Waals surface area contributed by atoms with Gasteiger partial charge in [-0.3, -0.25) is 9.59 Å². The molecular weight excluding hydrogens is 414 g/mol. The molecule has 0 atom stereocenters. The minimum Gasteiger partial charge on any atom is -0.493 e. The van der Waals surface area contributed by atoms with Gasteiger partial charge in [-0.25, -0.2) is 0 Å². The number of carboxylic acid groups (broad SMARTS) is 1. The fourth-order valence-electron chi connectivity index (χ4n) is 3.69. The van der Waals surface area contributed by atoms with Crippen molar-refractivity contribution in [3.63, 3.8) is 0 Å². The quantitative estimate of drug-likeness (QED) is 0.362. The van der Waals surface area contributed by atoms with Crippen molar-refractivity contribution in [1.82, 2.24) is 5.32 Å². The van der Waals surface area contributed by atoms with Crippen LogP contribution in [0.1, 0.15) is 29.6 Å². The summed E-state index contributed by atoms with van der Waals surface area (Å²) >= 11 is 0. The number of carbonyl (C=O) groups excluding carboxylic acids is 1. The number of amides is 1. The van der Waals surface area contributed by atoms with E-state index in [1.807, 2.05) is 18.2 Å². The molecule has 8 heteroatoms. The molecule has 0 radical (unpaired) electrons. The predicted molar refractivity (Wildman–Crippen MR) is 121 cm³/mol. The van der Waals surface area contributed by atoms with E-state index in [2.05, 4.69) is 5.32 Å². The van der Waals surface area contributed by atoms with Crippen LogP contribution in [0.2, 0.25) is 0 Å². The van der Waals surface area contributed by atoms with Crippen LogP contribution in [0.4, 0.5) is 0 Å². The summed E-state index contributed by atoms with van der Waals surface area (Å²) in [6.07, 6.45) is 1.15. The van der Waals surface area contributed by atoms with E-state index in [1.165, 1.54) is 0 Å². The lowest BCUT2D eigenvalue weighted by molar-refractivity contribution is -0.137. The van der Waals surface area contributed by atoms with E-state index in [4.69, 9.17) is 24.1 Å². The zero-order valence-electron chi connectivity index (χ0n) is 18.6. The van der Waals surface area contributed by atoms with Crippen LogP contribution in [0.3, 0.4) is 0 Å². The average molecular weight is 441 g/mol. The number of fused-ring (bicyclic) bond motifs is 3. The number of methoxy groups -OCH3 is 4. The van der Waals surface area contributed by atoms with Crippen LogP contribution in [0.5, 0.6) is 23.0 Å². The van der Waals surface area contributed by atoms with Gasteiger partial charge in [0.05, 0.1) is 28.4 Å². The van der Waals surface area contributed by atoms with E-state index in [0.29, 0.717) is 53.3 Å². The topological polar surface area (TPSA) is 103 Å². The Labute approximate surface area is 186 Å². The smallest absolute Gasteiger partial charge is 0.303 e. The molecule has 0 saturated heterocycles. The molecule has 170 valence electrons. The Morgan fingerprint density at radius 2 is 1.28 bits per heavy atom. The molecule has 3 aromatic rings. The molecule has 0 aromatic heterocycles. The lowest BCUT2D eigenvalue weighted by atomic mass is 9.95. The Hall–Kier alpha value is -3.68. The van der Waals surface area contributed by atoms with Crippen LogP contribution in [0, 0.1) is 0 Å². The number of rotatable bonds is 10. The number of carboxylic acids is 1. The fraction of sp³-hybridized carbons (Fsp3) is 0.333. The highest BCUT2D eigenvalue weighted by Gasteiger charge is 2.18. The third-order valence-electron chi connectivity index (χ3n) is 5.31. The van der Waals surface area contributed by atoms with Crippen molar-refractivity contribution in [1.29, 1.82) is 0 Å². The van der Waals surface area contributed by atoms with Gasteiger partial charge in [-0.05, 0) is 64.7 Å². The number of hydrogen-bond donors (Lipinski definition) is 2. The molecule has 0 bridgehead atoms. The SMILES string of the molecule is COc1cc2cc(C(=O)NCCCCC(=O)O)c3cc(OC)c(OC)cc3c2cc1OC. The molecule has 3 rings (SSSR count). The predicted octanol–water partition coefficient (Wildman–Crippen LogP) is 4.01. The highest BCUT2D eigenvalue weighted by Crippen LogP contribution is 2.41. The maximum absolute atomic E-state index is 13.1. The van der Waals surface area contributed by atoms with Crippen molar-refractivity contribution in [2.75, 3.05) is 35.0 Å². The molecule has 0 aliphatic heterocycles. The molecule has 0 saturated carbocycles. The molecule has 1 amide bonds. The second kappa shape index (κ2) is 10.1. The Morgan fingerprint density at radius 1 is 0.750 bits per heavy atom. The van der Waals surface area contributed by atoms with Crippen molar-refractivity contribution in [3.8, 4) is 23.0 Å². The molecule has 0 fully saturated rings. The maximum atomic E-state index is 13.1. The summed E-state index contributed by atoms with van der Waals surface area (Å²) in [5.74, 6) is 1.08. The summed E-state index contributed by atoms with van der Waals surface area (Å²) in [6, 6.07) is 9.12. The zero-order valence-corrected chi connectivity index (χ0v) is 18.6. The monoisotopic (exact) mass is 441 g/mol. The van der Waals surface area contributed by atoms with Crippen molar-refractivity contribution in [3.05, 3.63) is 35.9 Å². The number of hydrogen-bond acceptors (Lipinski definition) is 6. The van der Waals surface area contributed by atoms with Crippen LogP contribution in [-0.2, 0) is 4.79 Å². The molecule has 0 unspecified atom stereocenters. The molecule has 3 aromatic carbocycles. The Bertz CT molecular complexity index is 1160. The number of aliphatic carboxylic acids is 1. The van der Waals surface area contributed by atoms with Crippen molar-refractivity contribution < 1.29 is 33.6 Å². The van der Waals surface area contributed by atoms with Crippen LogP contribution < -0.4 is 24.3 Å². The summed E-state index contributed by atoms with van der Waals surface area (Å²) in [4.78, 5) is 23.7. The van der Waals surface area contributed by atoms with Gasteiger partial charge in [-0.1, -0.05) is 0 Å². The Kier molecular flexibility index (Phi) is 7.25. The number of carbonyl (C=O) groups is 2. The molecule has 32 heavy (non-hydrogen) atoms. The largest absolute Gasteiger partial charge is 0.493 e. The Morgan fingerprint density at radius 3 is 1.84 bits per heavy atom. The molecule has 0 aliphatic carbocycles. The molecule has 0 spiro atoms. The van der Waals surface area contributed by atoms with E-state index in [-0.39, 0.29) is 12.3 Å². The van der Waals surface area contributed by atoms with Crippen molar-refractivity contribution in [2.45, 2.75) is 19.3 Å². The zero-order chi connectivity index (χ0) is 23.3. The van der Waals surface area contributed by atoms with Gasteiger partial charge in [0.15, 0.2) is 23.0 Å². The molecule has 8 nitrogen and oxygen atoms in total. The minimum atomic E-state index is -0.845. The van der Waals surface area contributed by atoms with Gasteiger partial charge in [0, 0.05) is 18.5 Å². The summed E-state index contributed by atoms with van der Waals surface area (Å²) in [5, 5.41) is 14.8. The third-order valence-corrected chi connectivity index (χ3v) is 5.31. The number of nitrogens with one attached hydrogen (secondary N) is 1. The molecule has 0 heterocycles.